The smallest absolute Gasteiger partial charge is 0.349 e. The van der Waals surface area contributed by atoms with Crippen molar-refractivity contribution in [3.8, 4) is 5.75 Å². The molecule has 1 saturated carbocycles. The van der Waals surface area contributed by atoms with E-state index in [1.807, 2.05) is 6.07 Å². The molecule has 4 nitrogen and oxygen atoms in total. The van der Waals surface area contributed by atoms with E-state index in [0.29, 0.717) is 5.75 Å². The van der Waals surface area contributed by atoms with Crippen LogP contribution in [0.15, 0.2) is 6.07 Å². The highest BCUT2D eigenvalue weighted by Crippen LogP contribution is 2.33. The van der Waals surface area contributed by atoms with E-state index in [4.69, 9.17) is 4.74 Å². The number of hydrogen-bond acceptors (Lipinski definition) is 4. The Morgan fingerprint density at radius 2 is 2.10 bits per heavy atom. The predicted octanol–water partition coefficient (Wildman–Crippen LogP) is 3.47. The van der Waals surface area contributed by atoms with Gasteiger partial charge in [-0.2, -0.15) is 0 Å². The maximum Gasteiger partial charge on any atom is 0.349 e. The van der Waals surface area contributed by atoms with Gasteiger partial charge in [-0.25, -0.2) is 4.79 Å². The molecule has 0 spiro atoms. The van der Waals surface area contributed by atoms with Gasteiger partial charge in [0, 0.05) is 4.88 Å². The van der Waals surface area contributed by atoms with Crippen molar-refractivity contribution in [3.05, 3.63) is 15.8 Å². The first-order chi connectivity index (χ1) is 9.54. The second kappa shape index (κ2) is 6.59. The van der Waals surface area contributed by atoms with E-state index in [1.54, 1.807) is 0 Å². The van der Waals surface area contributed by atoms with Crippen molar-refractivity contribution in [2.24, 2.45) is 0 Å². The Morgan fingerprint density at radius 1 is 1.40 bits per heavy atom. The first-order valence-electron chi connectivity index (χ1n) is 7.25. The second-order valence-corrected chi connectivity index (χ2v) is 6.67. The predicted molar refractivity (Wildman–Crippen MR) is 78.8 cm³/mol. The Bertz CT molecular complexity index is 460. The number of hydrogen-bond donors (Lipinski definition) is 2. The summed E-state index contributed by atoms with van der Waals surface area (Å²) in [5.41, 5.74) is -0.791. The van der Waals surface area contributed by atoms with Crippen LogP contribution >= 0.6 is 11.3 Å². The molecule has 1 aromatic rings. The Balaban J connectivity index is 2.05. The van der Waals surface area contributed by atoms with Gasteiger partial charge in [-0.05, 0) is 25.3 Å². The number of aromatic carboxylic acids is 1. The zero-order valence-corrected chi connectivity index (χ0v) is 12.7. The van der Waals surface area contributed by atoms with Gasteiger partial charge >= 0.3 is 5.97 Å². The highest BCUT2D eigenvalue weighted by atomic mass is 32.1. The minimum absolute atomic E-state index is 0.190. The SMILES string of the molecule is CCCc1cc(OCC2(O)CCCCC2)c(C(=O)O)s1. The van der Waals surface area contributed by atoms with E-state index in [-0.39, 0.29) is 11.5 Å². The minimum atomic E-state index is -0.956. The number of carboxylic acid groups (broad SMARTS) is 1. The summed E-state index contributed by atoms with van der Waals surface area (Å²) >= 11 is 1.27. The molecule has 5 heteroatoms. The van der Waals surface area contributed by atoms with E-state index < -0.39 is 11.6 Å². The third kappa shape index (κ3) is 3.73. The Kier molecular flexibility index (Phi) is 5.05. The van der Waals surface area contributed by atoms with Crippen LogP contribution in [0.1, 0.15) is 60.0 Å². The number of aryl methyl sites for hydroxylation is 1. The minimum Gasteiger partial charge on any atom is -0.489 e. The van der Waals surface area contributed by atoms with Crippen LogP contribution in [-0.2, 0) is 6.42 Å². The van der Waals surface area contributed by atoms with E-state index in [9.17, 15) is 15.0 Å². The van der Waals surface area contributed by atoms with E-state index >= 15 is 0 Å². The first kappa shape index (κ1) is 15.3. The molecule has 2 N–H and O–H groups in total. The Hall–Kier alpha value is -1.07. The molecule has 1 aromatic heterocycles. The zero-order chi connectivity index (χ0) is 14.6. The molecule has 0 atom stereocenters. The van der Waals surface area contributed by atoms with Crippen molar-refractivity contribution in [1.82, 2.24) is 0 Å². The summed E-state index contributed by atoms with van der Waals surface area (Å²) < 4.78 is 5.65. The quantitative estimate of drug-likeness (QED) is 0.844. The van der Waals surface area contributed by atoms with Crippen molar-refractivity contribution >= 4 is 17.3 Å². The van der Waals surface area contributed by atoms with Gasteiger partial charge in [0.05, 0.1) is 5.60 Å². The summed E-state index contributed by atoms with van der Waals surface area (Å²) in [4.78, 5) is 12.5. The summed E-state index contributed by atoms with van der Waals surface area (Å²) in [5.74, 6) is -0.548. The van der Waals surface area contributed by atoms with E-state index in [2.05, 4.69) is 6.92 Å². The van der Waals surface area contributed by atoms with Crippen molar-refractivity contribution in [1.29, 1.82) is 0 Å². The molecular weight excluding hydrogens is 276 g/mol. The van der Waals surface area contributed by atoms with Crippen molar-refractivity contribution in [3.63, 3.8) is 0 Å². The van der Waals surface area contributed by atoms with Gasteiger partial charge in [-0.3, -0.25) is 0 Å². The lowest BCUT2D eigenvalue weighted by Crippen LogP contribution is -2.38. The third-order valence-corrected chi connectivity index (χ3v) is 4.88. The molecule has 1 fully saturated rings. The van der Waals surface area contributed by atoms with Crippen LogP contribution in [0.3, 0.4) is 0 Å². The average molecular weight is 298 g/mol. The van der Waals surface area contributed by atoms with Gasteiger partial charge < -0.3 is 14.9 Å². The van der Waals surface area contributed by atoms with Gasteiger partial charge in [-0.15, -0.1) is 11.3 Å². The molecular formula is C15H22O4S. The number of ether oxygens (including phenoxy) is 1. The van der Waals surface area contributed by atoms with Crippen LogP contribution in [0, 0.1) is 0 Å². The van der Waals surface area contributed by atoms with Crippen LogP contribution in [0.5, 0.6) is 5.75 Å². The van der Waals surface area contributed by atoms with Gasteiger partial charge in [-0.1, -0.05) is 32.6 Å². The Morgan fingerprint density at radius 3 is 2.70 bits per heavy atom. The largest absolute Gasteiger partial charge is 0.489 e. The van der Waals surface area contributed by atoms with E-state index in [0.717, 1.165) is 49.8 Å². The van der Waals surface area contributed by atoms with Gasteiger partial charge in [0.15, 0.2) is 4.88 Å². The number of rotatable bonds is 6. The highest BCUT2D eigenvalue weighted by Gasteiger charge is 2.31. The average Bonchev–Trinajstić information content (AvgIpc) is 2.81. The summed E-state index contributed by atoms with van der Waals surface area (Å²) in [6, 6.07) is 1.81. The van der Waals surface area contributed by atoms with Crippen LogP contribution in [0.2, 0.25) is 0 Å². The maximum absolute atomic E-state index is 11.2. The molecule has 0 saturated heterocycles. The molecule has 1 aliphatic carbocycles. The van der Waals surface area contributed by atoms with Crippen LogP contribution in [0.4, 0.5) is 0 Å². The summed E-state index contributed by atoms with van der Waals surface area (Å²) in [6.45, 7) is 2.25. The fourth-order valence-corrected chi connectivity index (χ4v) is 3.65. The first-order valence-corrected chi connectivity index (χ1v) is 8.07. The highest BCUT2D eigenvalue weighted by molar-refractivity contribution is 7.14. The lowest BCUT2D eigenvalue weighted by atomic mass is 9.85. The monoisotopic (exact) mass is 298 g/mol. The third-order valence-electron chi connectivity index (χ3n) is 3.72. The summed E-state index contributed by atoms with van der Waals surface area (Å²) in [7, 11) is 0. The molecule has 0 unspecified atom stereocenters. The fourth-order valence-electron chi connectivity index (χ4n) is 2.61. The summed E-state index contributed by atoms with van der Waals surface area (Å²) in [5, 5.41) is 19.6. The lowest BCUT2D eigenvalue weighted by molar-refractivity contribution is -0.0340. The van der Waals surface area contributed by atoms with Crippen LogP contribution in [-0.4, -0.2) is 28.4 Å². The lowest BCUT2D eigenvalue weighted by Gasteiger charge is -2.31. The molecule has 2 rings (SSSR count). The van der Waals surface area contributed by atoms with Gasteiger partial charge in [0.2, 0.25) is 0 Å². The molecule has 0 radical (unpaired) electrons. The van der Waals surface area contributed by atoms with Crippen molar-refractivity contribution in [2.45, 2.75) is 57.5 Å². The number of thiophene rings is 1. The molecule has 0 aromatic carbocycles. The van der Waals surface area contributed by atoms with Gasteiger partial charge in [0.25, 0.3) is 0 Å². The molecule has 1 heterocycles. The molecule has 0 amide bonds. The number of carbonyl (C=O) groups is 1. The Labute approximate surface area is 123 Å². The van der Waals surface area contributed by atoms with Crippen LogP contribution in [0.25, 0.3) is 0 Å². The van der Waals surface area contributed by atoms with Crippen molar-refractivity contribution < 1.29 is 19.7 Å². The fraction of sp³-hybridized carbons (Fsp3) is 0.667. The standard InChI is InChI=1S/C15H22O4S/c1-2-6-11-9-12(13(20-11)14(16)17)19-10-15(18)7-4-3-5-8-15/h9,18H,2-8,10H2,1H3,(H,16,17). The normalized spacial score (nSPS) is 17.9. The van der Waals surface area contributed by atoms with Crippen molar-refractivity contribution in [2.75, 3.05) is 6.61 Å². The van der Waals surface area contributed by atoms with Crippen LogP contribution < -0.4 is 4.74 Å². The molecule has 20 heavy (non-hydrogen) atoms. The molecule has 0 aliphatic heterocycles. The topological polar surface area (TPSA) is 66.8 Å². The molecule has 112 valence electrons. The number of aliphatic hydroxyl groups is 1. The number of carboxylic acids is 1. The zero-order valence-electron chi connectivity index (χ0n) is 11.9. The molecule has 0 bridgehead atoms. The summed E-state index contributed by atoms with van der Waals surface area (Å²) in [6.07, 6.45) is 6.48. The molecule has 1 aliphatic rings. The maximum atomic E-state index is 11.2. The second-order valence-electron chi connectivity index (χ2n) is 5.53. The van der Waals surface area contributed by atoms with E-state index in [1.165, 1.54) is 11.3 Å². The van der Waals surface area contributed by atoms with Gasteiger partial charge in [0.1, 0.15) is 12.4 Å².